The minimum Gasteiger partial charge on any atom is -0.496 e. The molecular weight excluding hydrogens is 350 g/mol. The molecule has 0 aliphatic heterocycles. The zero-order valence-electron chi connectivity index (χ0n) is 10.7. The molecule has 21 heavy (non-hydrogen) atoms. The third kappa shape index (κ3) is 3.15. The van der Waals surface area contributed by atoms with Crippen LogP contribution in [-0.4, -0.2) is 28.2 Å². The largest absolute Gasteiger partial charge is 0.496 e. The van der Waals surface area contributed by atoms with Crippen molar-refractivity contribution in [1.29, 1.82) is 0 Å². The summed E-state index contributed by atoms with van der Waals surface area (Å²) in [5, 5.41) is 8.85. The fourth-order valence-corrected chi connectivity index (χ4v) is 2.21. The van der Waals surface area contributed by atoms with Crippen LogP contribution in [0.1, 0.15) is 22.5 Å². The third-order valence-corrected chi connectivity index (χ3v) is 3.29. The van der Waals surface area contributed by atoms with Gasteiger partial charge in [0.2, 0.25) is 0 Å². The third-order valence-electron chi connectivity index (χ3n) is 2.67. The van der Waals surface area contributed by atoms with Crippen LogP contribution in [0.3, 0.4) is 0 Å². The number of halogens is 3. The highest BCUT2D eigenvalue weighted by molar-refractivity contribution is 9.10. The lowest BCUT2D eigenvalue weighted by molar-refractivity contribution is 0.0681. The first-order chi connectivity index (χ1) is 9.93. The SMILES string of the molecule is COc1ccc(-c2ncc(C(=O)O)c(C(F)F)n2)cc1Br. The summed E-state index contributed by atoms with van der Waals surface area (Å²) in [7, 11) is 1.49. The summed E-state index contributed by atoms with van der Waals surface area (Å²) >= 11 is 3.27. The molecule has 0 fully saturated rings. The van der Waals surface area contributed by atoms with Gasteiger partial charge in [0.1, 0.15) is 17.0 Å². The number of hydrogen-bond donors (Lipinski definition) is 1. The predicted molar refractivity (Wildman–Crippen MR) is 73.6 cm³/mol. The number of aromatic nitrogens is 2. The Kier molecular flexibility index (Phi) is 4.46. The van der Waals surface area contributed by atoms with Crippen molar-refractivity contribution in [2.75, 3.05) is 7.11 Å². The van der Waals surface area contributed by atoms with Crippen LogP contribution in [0.15, 0.2) is 28.9 Å². The minimum atomic E-state index is -3.00. The molecule has 1 aromatic heterocycles. The number of alkyl halides is 2. The van der Waals surface area contributed by atoms with E-state index in [1.54, 1.807) is 18.2 Å². The van der Waals surface area contributed by atoms with Crippen LogP contribution < -0.4 is 4.74 Å². The number of carboxylic acid groups (broad SMARTS) is 1. The monoisotopic (exact) mass is 358 g/mol. The van der Waals surface area contributed by atoms with Crippen molar-refractivity contribution in [2.24, 2.45) is 0 Å². The summed E-state index contributed by atoms with van der Waals surface area (Å²) in [5.41, 5.74) is -0.956. The summed E-state index contributed by atoms with van der Waals surface area (Å²) in [6.45, 7) is 0. The van der Waals surface area contributed by atoms with Crippen LogP contribution in [0.4, 0.5) is 8.78 Å². The maximum atomic E-state index is 12.9. The van der Waals surface area contributed by atoms with Gasteiger partial charge in [-0.1, -0.05) is 0 Å². The van der Waals surface area contributed by atoms with E-state index in [-0.39, 0.29) is 5.82 Å². The molecule has 1 aromatic carbocycles. The lowest BCUT2D eigenvalue weighted by Crippen LogP contribution is -2.08. The lowest BCUT2D eigenvalue weighted by atomic mass is 10.1. The van der Waals surface area contributed by atoms with E-state index >= 15 is 0 Å². The fourth-order valence-electron chi connectivity index (χ4n) is 1.67. The molecule has 0 spiro atoms. The number of ether oxygens (including phenoxy) is 1. The van der Waals surface area contributed by atoms with Crippen molar-refractivity contribution in [3.8, 4) is 17.1 Å². The molecule has 0 bridgehead atoms. The Balaban J connectivity index is 2.52. The lowest BCUT2D eigenvalue weighted by Gasteiger charge is -2.08. The zero-order valence-corrected chi connectivity index (χ0v) is 12.3. The van der Waals surface area contributed by atoms with Gasteiger partial charge in [-0.05, 0) is 34.1 Å². The average Bonchev–Trinajstić information content (AvgIpc) is 2.46. The molecule has 0 aliphatic carbocycles. The van der Waals surface area contributed by atoms with Gasteiger partial charge in [0.25, 0.3) is 6.43 Å². The van der Waals surface area contributed by atoms with Crippen molar-refractivity contribution in [3.05, 3.63) is 40.1 Å². The normalized spacial score (nSPS) is 10.7. The van der Waals surface area contributed by atoms with Crippen LogP contribution >= 0.6 is 15.9 Å². The van der Waals surface area contributed by atoms with E-state index in [0.717, 1.165) is 6.20 Å². The standard InChI is InChI=1S/C13H9BrF2N2O3/c1-21-9-3-2-6(4-8(9)14)12-17-5-7(13(19)20)10(18-12)11(15)16/h2-5,11H,1H3,(H,19,20). The van der Waals surface area contributed by atoms with E-state index in [1.165, 1.54) is 7.11 Å². The zero-order chi connectivity index (χ0) is 15.6. The Hall–Kier alpha value is -2.09. The highest BCUT2D eigenvalue weighted by Gasteiger charge is 2.21. The van der Waals surface area contributed by atoms with Gasteiger partial charge < -0.3 is 9.84 Å². The van der Waals surface area contributed by atoms with Gasteiger partial charge in [-0.25, -0.2) is 23.5 Å². The average molecular weight is 359 g/mol. The number of nitrogens with zero attached hydrogens (tertiary/aromatic N) is 2. The maximum absolute atomic E-state index is 12.9. The molecule has 2 rings (SSSR count). The minimum absolute atomic E-state index is 0.0126. The first-order valence-corrected chi connectivity index (χ1v) is 6.45. The smallest absolute Gasteiger partial charge is 0.339 e. The fraction of sp³-hybridized carbons (Fsp3) is 0.154. The Bertz CT molecular complexity index is 695. The summed E-state index contributed by atoms with van der Waals surface area (Å²) in [5.74, 6) is -0.915. The highest BCUT2D eigenvalue weighted by atomic mass is 79.9. The van der Waals surface area contributed by atoms with E-state index in [2.05, 4.69) is 25.9 Å². The summed E-state index contributed by atoms with van der Waals surface area (Å²) in [4.78, 5) is 18.4. The van der Waals surface area contributed by atoms with Crippen molar-refractivity contribution >= 4 is 21.9 Å². The molecule has 0 saturated carbocycles. The van der Waals surface area contributed by atoms with Gasteiger partial charge >= 0.3 is 5.97 Å². The van der Waals surface area contributed by atoms with Crippen molar-refractivity contribution in [3.63, 3.8) is 0 Å². The number of rotatable bonds is 4. The Labute approximate surface area is 126 Å². The van der Waals surface area contributed by atoms with Crippen LogP contribution in [0.25, 0.3) is 11.4 Å². The number of hydrogen-bond acceptors (Lipinski definition) is 4. The van der Waals surface area contributed by atoms with Gasteiger partial charge in [0.15, 0.2) is 5.82 Å². The van der Waals surface area contributed by atoms with E-state index in [0.29, 0.717) is 15.8 Å². The van der Waals surface area contributed by atoms with E-state index in [9.17, 15) is 13.6 Å². The van der Waals surface area contributed by atoms with Gasteiger partial charge in [-0.15, -0.1) is 0 Å². The number of aromatic carboxylic acids is 1. The van der Waals surface area contributed by atoms with Gasteiger partial charge in [0, 0.05) is 11.8 Å². The first-order valence-electron chi connectivity index (χ1n) is 5.66. The molecular formula is C13H9BrF2N2O3. The van der Waals surface area contributed by atoms with E-state index in [4.69, 9.17) is 9.84 Å². The maximum Gasteiger partial charge on any atom is 0.339 e. The molecule has 110 valence electrons. The van der Waals surface area contributed by atoms with Gasteiger partial charge in [0.05, 0.1) is 11.6 Å². The molecule has 2 aromatic rings. The van der Waals surface area contributed by atoms with Crippen molar-refractivity contribution < 1.29 is 23.4 Å². The molecule has 5 nitrogen and oxygen atoms in total. The van der Waals surface area contributed by atoms with Crippen LogP contribution in [0.5, 0.6) is 5.75 Å². The topological polar surface area (TPSA) is 72.3 Å². The molecule has 1 N–H and O–H groups in total. The molecule has 0 amide bonds. The van der Waals surface area contributed by atoms with Crippen molar-refractivity contribution in [1.82, 2.24) is 9.97 Å². The number of benzene rings is 1. The molecule has 1 heterocycles. The summed E-state index contributed by atoms with van der Waals surface area (Å²) in [6, 6.07) is 4.81. The second-order valence-electron chi connectivity index (χ2n) is 3.95. The Morgan fingerprint density at radius 1 is 1.43 bits per heavy atom. The highest BCUT2D eigenvalue weighted by Crippen LogP contribution is 2.30. The summed E-state index contributed by atoms with van der Waals surface area (Å²) in [6.07, 6.45) is -2.12. The van der Waals surface area contributed by atoms with Crippen LogP contribution in [0, 0.1) is 0 Å². The first kappa shape index (κ1) is 15.3. The molecule has 8 heteroatoms. The van der Waals surface area contributed by atoms with Gasteiger partial charge in [-0.3, -0.25) is 0 Å². The van der Waals surface area contributed by atoms with Crippen LogP contribution in [-0.2, 0) is 0 Å². The van der Waals surface area contributed by atoms with Crippen molar-refractivity contribution in [2.45, 2.75) is 6.43 Å². The van der Waals surface area contributed by atoms with E-state index in [1.807, 2.05) is 0 Å². The Morgan fingerprint density at radius 2 is 2.14 bits per heavy atom. The number of carbonyl (C=O) groups is 1. The Morgan fingerprint density at radius 3 is 2.67 bits per heavy atom. The number of carboxylic acids is 1. The van der Waals surface area contributed by atoms with Gasteiger partial charge in [-0.2, -0.15) is 0 Å². The predicted octanol–water partition coefficient (Wildman–Crippen LogP) is 3.55. The molecule has 0 atom stereocenters. The number of methoxy groups -OCH3 is 1. The molecule has 0 unspecified atom stereocenters. The molecule has 0 radical (unpaired) electrons. The molecule has 0 saturated heterocycles. The van der Waals surface area contributed by atoms with E-state index < -0.39 is 23.7 Å². The summed E-state index contributed by atoms with van der Waals surface area (Å²) < 4.78 is 31.5. The van der Waals surface area contributed by atoms with Crippen LogP contribution in [0.2, 0.25) is 0 Å². The second kappa shape index (κ2) is 6.13. The second-order valence-corrected chi connectivity index (χ2v) is 4.80. The quantitative estimate of drug-likeness (QED) is 0.904. The molecule has 0 aliphatic rings.